The Morgan fingerprint density at radius 3 is 2.48 bits per heavy atom. The lowest BCUT2D eigenvalue weighted by Crippen LogP contribution is -2.33. The predicted molar refractivity (Wildman–Crippen MR) is 83.4 cm³/mol. The summed E-state index contributed by atoms with van der Waals surface area (Å²) in [6, 6.07) is 5.33. The summed E-state index contributed by atoms with van der Waals surface area (Å²) in [6.07, 6.45) is 0.133. The highest BCUT2D eigenvalue weighted by Gasteiger charge is 2.15. The summed E-state index contributed by atoms with van der Waals surface area (Å²) in [6.45, 7) is 5.85. The molecule has 0 spiro atoms. The summed E-state index contributed by atoms with van der Waals surface area (Å²) in [5.41, 5.74) is 0.873. The molecule has 0 heterocycles. The first-order valence-corrected chi connectivity index (χ1v) is 7.35. The van der Waals surface area contributed by atoms with Gasteiger partial charge in [0.2, 0.25) is 0 Å². The Morgan fingerprint density at radius 2 is 1.90 bits per heavy atom. The number of hydrogen-bond donors (Lipinski definition) is 1. The highest BCUT2D eigenvalue weighted by atomic mass is 79.9. The molecule has 0 aliphatic rings. The summed E-state index contributed by atoms with van der Waals surface area (Å²) in [4.78, 5) is 23.0. The molecule has 1 aromatic rings. The Bertz CT molecular complexity index is 523. The smallest absolute Gasteiger partial charge is 0.407 e. The molecular weight excluding hydrogens is 338 g/mol. The molecular formula is C15H20BrNO4. The molecule has 1 aromatic carbocycles. The van der Waals surface area contributed by atoms with Crippen molar-refractivity contribution < 1.29 is 19.1 Å². The standard InChI is InChI=1S/C15H20BrNO4/c1-15(2,3)21-14(19)17-6-5-10-7-11(13(18)20-4)9-12(16)8-10/h7-9H,5-6H2,1-4H3,(H,17,19). The molecule has 0 unspecified atom stereocenters. The van der Waals surface area contributed by atoms with E-state index in [1.165, 1.54) is 7.11 Å². The van der Waals surface area contributed by atoms with Crippen LogP contribution in [-0.4, -0.2) is 31.3 Å². The monoisotopic (exact) mass is 357 g/mol. The lowest BCUT2D eigenvalue weighted by Gasteiger charge is -2.19. The second-order valence-corrected chi connectivity index (χ2v) is 6.43. The molecule has 0 saturated carbocycles. The number of nitrogens with one attached hydrogen (secondary N) is 1. The van der Waals surface area contributed by atoms with E-state index < -0.39 is 17.7 Å². The fourth-order valence-electron chi connectivity index (χ4n) is 1.65. The van der Waals surface area contributed by atoms with Gasteiger partial charge < -0.3 is 14.8 Å². The van der Waals surface area contributed by atoms with Crippen LogP contribution in [0.25, 0.3) is 0 Å². The molecule has 0 atom stereocenters. The zero-order chi connectivity index (χ0) is 16.0. The van der Waals surface area contributed by atoms with Crippen LogP contribution in [0, 0.1) is 0 Å². The maximum Gasteiger partial charge on any atom is 0.407 e. The van der Waals surface area contributed by atoms with Crippen molar-refractivity contribution in [2.24, 2.45) is 0 Å². The van der Waals surface area contributed by atoms with Gasteiger partial charge in [-0.2, -0.15) is 0 Å². The largest absolute Gasteiger partial charge is 0.465 e. The molecule has 0 aliphatic heterocycles. The summed E-state index contributed by atoms with van der Waals surface area (Å²) in [5, 5.41) is 2.68. The van der Waals surface area contributed by atoms with E-state index in [2.05, 4.69) is 21.2 Å². The van der Waals surface area contributed by atoms with E-state index in [1.807, 2.05) is 26.8 Å². The number of ether oxygens (including phenoxy) is 2. The van der Waals surface area contributed by atoms with Crippen LogP contribution in [0.5, 0.6) is 0 Å². The molecule has 116 valence electrons. The number of alkyl carbamates (subject to hydrolysis) is 1. The van der Waals surface area contributed by atoms with Gasteiger partial charge in [-0.15, -0.1) is 0 Å². The Labute approximate surface area is 133 Å². The van der Waals surface area contributed by atoms with Crippen LogP contribution < -0.4 is 5.32 Å². The van der Waals surface area contributed by atoms with E-state index in [9.17, 15) is 9.59 Å². The van der Waals surface area contributed by atoms with Crippen LogP contribution in [-0.2, 0) is 15.9 Å². The van der Waals surface area contributed by atoms with Gasteiger partial charge in [-0.3, -0.25) is 0 Å². The third-order valence-electron chi connectivity index (χ3n) is 2.46. The molecule has 0 radical (unpaired) electrons. The number of amides is 1. The second kappa shape index (κ2) is 7.45. The normalized spacial score (nSPS) is 10.9. The maximum absolute atomic E-state index is 11.5. The summed E-state index contributed by atoms with van der Waals surface area (Å²) < 4.78 is 10.6. The van der Waals surface area contributed by atoms with Crippen molar-refractivity contribution in [3.63, 3.8) is 0 Å². The zero-order valence-corrected chi connectivity index (χ0v) is 14.2. The van der Waals surface area contributed by atoms with Crippen LogP contribution in [0.4, 0.5) is 4.79 Å². The molecule has 6 heteroatoms. The quantitative estimate of drug-likeness (QED) is 0.839. The van der Waals surface area contributed by atoms with Crippen LogP contribution in [0.15, 0.2) is 22.7 Å². The highest BCUT2D eigenvalue weighted by molar-refractivity contribution is 9.10. The van der Waals surface area contributed by atoms with Gasteiger partial charge in [-0.1, -0.05) is 15.9 Å². The van der Waals surface area contributed by atoms with E-state index in [4.69, 9.17) is 9.47 Å². The van der Waals surface area contributed by atoms with Gasteiger partial charge in [0.1, 0.15) is 5.60 Å². The van der Waals surface area contributed by atoms with Gasteiger partial charge in [-0.25, -0.2) is 9.59 Å². The number of carbonyl (C=O) groups is 2. The Balaban J connectivity index is 2.58. The SMILES string of the molecule is COC(=O)c1cc(Br)cc(CCNC(=O)OC(C)(C)C)c1. The molecule has 0 aliphatic carbocycles. The van der Waals surface area contributed by atoms with E-state index in [0.717, 1.165) is 10.0 Å². The number of halogens is 1. The van der Waals surface area contributed by atoms with Crippen molar-refractivity contribution >= 4 is 28.0 Å². The fourth-order valence-corrected chi connectivity index (χ4v) is 2.19. The summed E-state index contributed by atoms with van der Waals surface area (Å²) >= 11 is 3.35. The van der Waals surface area contributed by atoms with E-state index in [1.54, 1.807) is 12.1 Å². The molecule has 21 heavy (non-hydrogen) atoms. The third kappa shape index (κ3) is 6.62. The molecule has 1 rings (SSSR count). The van der Waals surface area contributed by atoms with Crippen LogP contribution in [0.1, 0.15) is 36.7 Å². The van der Waals surface area contributed by atoms with E-state index in [0.29, 0.717) is 18.5 Å². The average molecular weight is 358 g/mol. The topological polar surface area (TPSA) is 64.6 Å². The minimum Gasteiger partial charge on any atom is -0.465 e. The van der Waals surface area contributed by atoms with Crippen LogP contribution in [0.2, 0.25) is 0 Å². The molecule has 0 aromatic heterocycles. The number of methoxy groups -OCH3 is 1. The van der Waals surface area contributed by atoms with Crippen molar-refractivity contribution in [3.05, 3.63) is 33.8 Å². The first-order chi connectivity index (χ1) is 9.71. The number of benzene rings is 1. The predicted octanol–water partition coefficient (Wildman–Crippen LogP) is 3.30. The Kier molecular flexibility index (Phi) is 6.20. The minimum atomic E-state index is -0.516. The van der Waals surface area contributed by atoms with Crippen molar-refractivity contribution in [2.75, 3.05) is 13.7 Å². The Hall–Kier alpha value is -1.56. The van der Waals surface area contributed by atoms with E-state index >= 15 is 0 Å². The van der Waals surface area contributed by atoms with Gasteiger partial charge in [0.25, 0.3) is 0 Å². The summed E-state index contributed by atoms with van der Waals surface area (Å²) in [7, 11) is 1.34. The van der Waals surface area contributed by atoms with Gasteiger partial charge in [0, 0.05) is 11.0 Å². The van der Waals surface area contributed by atoms with Crippen molar-refractivity contribution in [1.82, 2.24) is 5.32 Å². The highest BCUT2D eigenvalue weighted by Crippen LogP contribution is 2.17. The number of rotatable bonds is 4. The average Bonchev–Trinajstić information content (AvgIpc) is 2.35. The molecule has 1 amide bonds. The minimum absolute atomic E-state index is 0.391. The maximum atomic E-state index is 11.5. The summed E-state index contributed by atoms with van der Waals surface area (Å²) in [5.74, 6) is -0.391. The molecule has 5 nitrogen and oxygen atoms in total. The number of carbonyl (C=O) groups excluding carboxylic acids is 2. The van der Waals surface area contributed by atoms with Gasteiger partial charge in [-0.05, 0) is 51.0 Å². The molecule has 0 bridgehead atoms. The fraction of sp³-hybridized carbons (Fsp3) is 0.467. The molecule has 1 N–H and O–H groups in total. The van der Waals surface area contributed by atoms with Gasteiger partial charge in [0.15, 0.2) is 0 Å². The van der Waals surface area contributed by atoms with Crippen molar-refractivity contribution in [1.29, 1.82) is 0 Å². The van der Waals surface area contributed by atoms with Gasteiger partial charge in [0.05, 0.1) is 12.7 Å². The first kappa shape index (κ1) is 17.5. The van der Waals surface area contributed by atoms with Crippen molar-refractivity contribution in [2.45, 2.75) is 32.8 Å². The second-order valence-electron chi connectivity index (χ2n) is 5.52. The van der Waals surface area contributed by atoms with Crippen molar-refractivity contribution in [3.8, 4) is 0 Å². The molecule has 0 saturated heterocycles. The Morgan fingerprint density at radius 1 is 1.24 bits per heavy atom. The lowest BCUT2D eigenvalue weighted by molar-refractivity contribution is 0.0526. The van der Waals surface area contributed by atoms with Crippen LogP contribution >= 0.6 is 15.9 Å². The number of hydrogen-bond acceptors (Lipinski definition) is 4. The first-order valence-electron chi connectivity index (χ1n) is 6.56. The lowest BCUT2D eigenvalue weighted by atomic mass is 10.1. The molecule has 0 fully saturated rings. The third-order valence-corrected chi connectivity index (χ3v) is 2.92. The zero-order valence-electron chi connectivity index (χ0n) is 12.7. The van der Waals surface area contributed by atoms with E-state index in [-0.39, 0.29) is 0 Å². The van der Waals surface area contributed by atoms with Crippen LogP contribution in [0.3, 0.4) is 0 Å². The van der Waals surface area contributed by atoms with Gasteiger partial charge >= 0.3 is 12.1 Å². The number of esters is 1.